The Balaban J connectivity index is 1.95. The highest BCUT2D eigenvalue weighted by atomic mass is 16.7. The first-order chi connectivity index (χ1) is 25.1. The van der Waals surface area contributed by atoms with E-state index in [1.165, 1.54) is 32.3 Å². The molecule has 0 radical (unpaired) electrons. The highest BCUT2D eigenvalue weighted by molar-refractivity contribution is 5.91. The predicted molar refractivity (Wildman–Crippen MR) is 176 cm³/mol. The van der Waals surface area contributed by atoms with Crippen molar-refractivity contribution in [3.63, 3.8) is 0 Å². The van der Waals surface area contributed by atoms with Crippen molar-refractivity contribution in [2.45, 2.75) is 122 Å². The predicted octanol–water partition coefficient (Wildman–Crippen LogP) is 0.463. The van der Waals surface area contributed by atoms with Gasteiger partial charge in [0, 0.05) is 47.0 Å². The lowest BCUT2D eigenvalue weighted by atomic mass is 9.45. The third-order valence-corrected chi connectivity index (χ3v) is 11.2. The molecule has 18 heteroatoms. The van der Waals surface area contributed by atoms with E-state index < -0.39 is 132 Å². The standard InChI is InChI=1S/C36H45NO17/c1-15-16(2)31(44)53-28-26(50-19(5)40)30(52-21(7)42)35(14-47-17(3)38)29(51-20(6)41)25(49-18(4)39)24-27(43)36(35,34(28,9)46)54-33(24,8)13-48-32(45)23-12-37-11-10-22(15)23/h10-12,15-16,24-30,43,46H,13-14H2,1-9H3/t15?,16-,24-,25-,26+,27-,28+,29-,30+,33+,34+,35-,36+/m1/s1. The highest BCUT2D eigenvalue weighted by Gasteiger charge is 2.90. The number of aliphatic hydroxyl groups excluding tert-OH is 1. The van der Waals surface area contributed by atoms with E-state index >= 15 is 0 Å². The van der Waals surface area contributed by atoms with E-state index in [-0.39, 0.29) is 5.56 Å². The van der Waals surface area contributed by atoms with Crippen LogP contribution in [0.15, 0.2) is 18.5 Å². The first-order valence-electron chi connectivity index (χ1n) is 17.3. The molecule has 18 nitrogen and oxygen atoms in total. The number of rotatable bonds is 6. The maximum atomic E-state index is 14.2. The number of fused-ring (bicyclic) bond motifs is 5. The lowest BCUT2D eigenvalue weighted by Crippen LogP contribution is -2.89. The van der Waals surface area contributed by atoms with Crippen molar-refractivity contribution in [1.82, 2.24) is 4.98 Å². The van der Waals surface area contributed by atoms with Gasteiger partial charge in [0.25, 0.3) is 0 Å². The van der Waals surface area contributed by atoms with Crippen molar-refractivity contribution in [2.24, 2.45) is 17.3 Å². The van der Waals surface area contributed by atoms with Crippen molar-refractivity contribution in [3.05, 3.63) is 29.6 Å². The van der Waals surface area contributed by atoms with Crippen LogP contribution in [0, 0.1) is 17.3 Å². The summed E-state index contributed by atoms with van der Waals surface area (Å²) in [6, 6.07) is 1.51. The van der Waals surface area contributed by atoms with Gasteiger partial charge in [-0.25, -0.2) is 4.79 Å². The van der Waals surface area contributed by atoms with Crippen molar-refractivity contribution < 1.29 is 81.7 Å². The molecule has 0 amide bonds. The van der Waals surface area contributed by atoms with Crippen LogP contribution in [0.1, 0.15) is 84.2 Å². The number of aromatic nitrogens is 1. The van der Waals surface area contributed by atoms with Crippen LogP contribution in [0.3, 0.4) is 0 Å². The largest absolute Gasteiger partial charge is 0.465 e. The number of cyclic esters (lactones) is 1. The van der Waals surface area contributed by atoms with Gasteiger partial charge in [-0.15, -0.1) is 0 Å². The van der Waals surface area contributed by atoms with Gasteiger partial charge in [0.2, 0.25) is 0 Å². The molecule has 296 valence electrons. The van der Waals surface area contributed by atoms with Crippen LogP contribution in [-0.2, 0) is 66.7 Å². The van der Waals surface area contributed by atoms with Gasteiger partial charge in [0.1, 0.15) is 41.5 Å². The fraction of sp³-hybridized carbons (Fsp3) is 0.667. The van der Waals surface area contributed by atoms with E-state index in [0.717, 1.165) is 41.5 Å². The van der Waals surface area contributed by atoms with Crippen LogP contribution in [0.25, 0.3) is 0 Å². The number of aliphatic hydroxyl groups is 2. The normalized spacial score (nSPS) is 39.8. The molecular formula is C36H45NO17. The molecule has 1 saturated heterocycles. The Hall–Kier alpha value is -4.68. The Labute approximate surface area is 310 Å². The third-order valence-electron chi connectivity index (χ3n) is 11.2. The second kappa shape index (κ2) is 14.2. The summed E-state index contributed by atoms with van der Waals surface area (Å²) in [5.41, 5.74) is -9.74. The zero-order chi connectivity index (χ0) is 40.3. The SMILES string of the molecule is CC(=O)OC[C@]12[C@H](OC(C)=O)[C@H](OC(C)=O)[C@@H]3[C@@H](O)[C@@]14O[C@@]3(C)COC(=O)c1cnccc1C(C)[C@@H](C)C(=O)O[C@@H]([C@H](OC(C)=O)[C@@H]2OC(C)=O)[C@]4(C)O. The molecule has 1 aromatic rings. The summed E-state index contributed by atoms with van der Waals surface area (Å²) < 4.78 is 47.6. The topological polar surface area (TPSA) is 247 Å². The molecule has 2 aliphatic heterocycles. The lowest BCUT2D eigenvalue weighted by molar-refractivity contribution is -0.386. The molecule has 1 spiro atoms. The van der Waals surface area contributed by atoms with Gasteiger partial charge in [-0.05, 0) is 31.4 Å². The number of esters is 7. The second-order valence-corrected chi connectivity index (χ2v) is 14.8. The summed E-state index contributed by atoms with van der Waals surface area (Å²) >= 11 is 0. The van der Waals surface area contributed by atoms with Gasteiger partial charge in [-0.3, -0.25) is 33.8 Å². The van der Waals surface area contributed by atoms with E-state index in [4.69, 9.17) is 37.9 Å². The molecule has 2 N–H and O–H groups in total. The van der Waals surface area contributed by atoms with Crippen molar-refractivity contribution in [1.29, 1.82) is 0 Å². The summed E-state index contributed by atoms with van der Waals surface area (Å²) in [4.78, 5) is 96.6. The molecule has 4 aliphatic rings. The molecule has 1 unspecified atom stereocenters. The van der Waals surface area contributed by atoms with Crippen molar-refractivity contribution in [2.75, 3.05) is 13.2 Å². The van der Waals surface area contributed by atoms with Crippen LogP contribution in [0.5, 0.6) is 0 Å². The molecule has 3 heterocycles. The first kappa shape index (κ1) is 40.5. The molecule has 1 aromatic heterocycles. The van der Waals surface area contributed by atoms with Crippen LogP contribution in [-0.4, -0.2) is 124 Å². The summed E-state index contributed by atoms with van der Waals surface area (Å²) in [6.45, 7) is 8.81. The van der Waals surface area contributed by atoms with Gasteiger partial charge in [-0.2, -0.15) is 0 Å². The van der Waals surface area contributed by atoms with E-state index in [0.29, 0.717) is 5.56 Å². The summed E-state index contributed by atoms with van der Waals surface area (Å²) in [7, 11) is 0. The van der Waals surface area contributed by atoms with Gasteiger partial charge in [-0.1, -0.05) is 13.8 Å². The summed E-state index contributed by atoms with van der Waals surface area (Å²) in [6.07, 6.45) is -9.27. The molecule has 5 rings (SSSR count). The van der Waals surface area contributed by atoms with E-state index in [9.17, 15) is 43.8 Å². The number of ether oxygens (including phenoxy) is 8. The van der Waals surface area contributed by atoms with Crippen LogP contribution < -0.4 is 0 Å². The fourth-order valence-electron chi connectivity index (χ4n) is 9.01. The maximum Gasteiger partial charge on any atom is 0.340 e. The minimum atomic E-state index is -2.77. The smallest absolute Gasteiger partial charge is 0.340 e. The lowest BCUT2D eigenvalue weighted by Gasteiger charge is -2.67. The Morgan fingerprint density at radius 1 is 0.852 bits per heavy atom. The Kier molecular flexibility index (Phi) is 10.6. The van der Waals surface area contributed by atoms with E-state index in [1.54, 1.807) is 6.92 Å². The highest BCUT2D eigenvalue weighted by Crippen LogP contribution is 2.69. The van der Waals surface area contributed by atoms with Crippen molar-refractivity contribution >= 4 is 41.8 Å². The molecule has 2 saturated carbocycles. The zero-order valence-corrected chi connectivity index (χ0v) is 31.3. The van der Waals surface area contributed by atoms with Gasteiger partial charge in [0.05, 0.1) is 23.5 Å². The van der Waals surface area contributed by atoms with Crippen LogP contribution >= 0.6 is 0 Å². The Bertz CT molecular complexity index is 1740. The summed E-state index contributed by atoms with van der Waals surface area (Å²) in [5.74, 6) is -10.3. The maximum absolute atomic E-state index is 14.2. The number of hydrogen-bond acceptors (Lipinski definition) is 18. The van der Waals surface area contributed by atoms with Gasteiger partial charge < -0.3 is 48.1 Å². The second-order valence-electron chi connectivity index (χ2n) is 14.8. The van der Waals surface area contributed by atoms with Gasteiger partial charge >= 0.3 is 41.8 Å². The monoisotopic (exact) mass is 763 g/mol. The number of carbonyl (C=O) groups is 7. The average molecular weight is 764 g/mol. The molecular weight excluding hydrogens is 718 g/mol. The Morgan fingerprint density at radius 2 is 1.41 bits per heavy atom. The minimum Gasteiger partial charge on any atom is -0.465 e. The molecule has 54 heavy (non-hydrogen) atoms. The van der Waals surface area contributed by atoms with Crippen LogP contribution in [0.2, 0.25) is 0 Å². The number of nitrogens with zero attached hydrogens (tertiary/aromatic N) is 1. The van der Waals surface area contributed by atoms with Crippen molar-refractivity contribution in [3.8, 4) is 0 Å². The van der Waals surface area contributed by atoms with E-state index in [1.807, 2.05) is 0 Å². The quantitative estimate of drug-likeness (QED) is 0.295. The number of carbonyl (C=O) groups excluding carboxylic acids is 7. The third kappa shape index (κ3) is 6.17. The Morgan fingerprint density at radius 3 is 1.96 bits per heavy atom. The molecule has 4 bridgehead atoms. The van der Waals surface area contributed by atoms with Crippen LogP contribution in [0.4, 0.5) is 0 Å². The number of pyridine rings is 1. The molecule has 13 atom stereocenters. The van der Waals surface area contributed by atoms with E-state index in [2.05, 4.69) is 4.98 Å². The fourth-order valence-corrected chi connectivity index (χ4v) is 9.01. The minimum absolute atomic E-state index is 0.0246. The molecule has 3 fully saturated rings. The number of hydrogen-bond donors (Lipinski definition) is 2. The summed E-state index contributed by atoms with van der Waals surface area (Å²) in [5, 5.41) is 25.9. The van der Waals surface area contributed by atoms with Gasteiger partial charge in [0.15, 0.2) is 24.4 Å². The zero-order valence-electron chi connectivity index (χ0n) is 31.3. The average Bonchev–Trinajstić information content (AvgIpc) is 3.27. The molecule has 0 aromatic carbocycles. The first-order valence-corrected chi connectivity index (χ1v) is 17.3. The molecule has 2 aliphatic carbocycles.